The first-order valence-electron chi connectivity index (χ1n) is 6.51. The Balaban J connectivity index is 2.53. The third kappa shape index (κ3) is 2.72. The first-order valence-corrected chi connectivity index (χ1v) is 6.51. The zero-order chi connectivity index (χ0) is 14.0. The van der Waals surface area contributed by atoms with Crippen LogP contribution in [0.1, 0.15) is 25.2 Å². The van der Waals surface area contributed by atoms with Gasteiger partial charge in [0.2, 0.25) is 0 Å². The summed E-state index contributed by atoms with van der Waals surface area (Å²) in [5.74, 6) is 1.18. The molecule has 1 aromatic heterocycles. The summed E-state index contributed by atoms with van der Waals surface area (Å²) in [7, 11) is 4.02. The summed E-state index contributed by atoms with van der Waals surface area (Å²) < 4.78 is 2.12. The van der Waals surface area contributed by atoms with E-state index < -0.39 is 0 Å². The van der Waals surface area contributed by atoms with Gasteiger partial charge in [-0.2, -0.15) is 0 Å². The molecule has 104 valence electrons. The Labute approximate surface area is 113 Å². The molecule has 0 radical (unpaired) electrons. The van der Waals surface area contributed by atoms with Gasteiger partial charge in [0.25, 0.3) is 0 Å². The van der Waals surface area contributed by atoms with E-state index in [1.54, 1.807) is 12.1 Å². The van der Waals surface area contributed by atoms with Crippen LogP contribution in [0.5, 0.6) is 5.75 Å². The molecule has 0 amide bonds. The Morgan fingerprint density at radius 1 is 1.37 bits per heavy atom. The second kappa shape index (κ2) is 5.59. The highest BCUT2D eigenvalue weighted by Crippen LogP contribution is 2.26. The summed E-state index contributed by atoms with van der Waals surface area (Å²) in [6, 6.07) is 5.40. The van der Waals surface area contributed by atoms with E-state index in [-0.39, 0.29) is 18.4 Å². The number of benzene rings is 1. The van der Waals surface area contributed by atoms with Crippen LogP contribution >= 0.6 is 0 Å². The lowest BCUT2D eigenvalue weighted by Crippen LogP contribution is -2.21. The molecule has 1 aromatic carbocycles. The van der Waals surface area contributed by atoms with Crippen LogP contribution in [0.15, 0.2) is 18.2 Å². The van der Waals surface area contributed by atoms with Gasteiger partial charge in [0.05, 0.1) is 17.1 Å². The molecule has 0 aliphatic rings. The quantitative estimate of drug-likeness (QED) is 0.862. The normalized spacial score (nSPS) is 13.3. The number of imidazole rings is 1. The number of aromatic nitrogens is 2. The largest absolute Gasteiger partial charge is 0.508 e. The van der Waals surface area contributed by atoms with Gasteiger partial charge in [-0.1, -0.05) is 0 Å². The van der Waals surface area contributed by atoms with Crippen LogP contribution in [0.2, 0.25) is 0 Å². The van der Waals surface area contributed by atoms with Crippen molar-refractivity contribution in [1.82, 2.24) is 14.5 Å². The van der Waals surface area contributed by atoms with Gasteiger partial charge >= 0.3 is 0 Å². The van der Waals surface area contributed by atoms with Crippen molar-refractivity contribution in [3.05, 3.63) is 24.0 Å². The molecule has 1 atom stereocenters. The predicted molar refractivity (Wildman–Crippen MR) is 75.2 cm³/mol. The molecule has 0 spiro atoms. The van der Waals surface area contributed by atoms with E-state index >= 15 is 0 Å². The van der Waals surface area contributed by atoms with Gasteiger partial charge in [-0.15, -0.1) is 0 Å². The topological polar surface area (TPSA) is 61.5 Å². The van der Waals surface area contributed by atoms with Crippen molar-refractivity contribution in [2.45, 2.75) is 25.9 Å². The molecule has 19 heavy (non-hydrogen) atoms. The maximum Gasteiger partial charge on any atom is 0.126 e. The number of nitrogens with zero attached hydrogens (tertiary/aromatic N) is 3. The van der Waals surface area contributed by atoms with Crippen molar-refractivity contribution in [1.29, 1.82) is 0 Å². The third-order valence-corrected chi connectivity index (χ3v) is 3.45. The first-order chi connectivity index (χ1) is 9.04. The molecule has 0 aliphatic heterocycles. The van der Waals surface area contributed by atoms with Gasteiger partial charge in [0.15, 0.2) is 0 Å². The van der Waals surface area contributed by atoms with E-state index in [0.29, 0.717) is 6.42 Å². The van der Waals surface area contributed by atoms with E-state index in [1.165, 1.54) is 0 Å². The van der Waals surface area contributed by atoms with Gasteiger partial charge in [0, 0.05) is 19.2 Å². The molecule has 2 N–H and O–H groups in total. The lowest BCUT2D eigenvalue weighted by molar-refractivity contribution is 0.272. The Hall–Kier alpha value is -1.59. The Morgan fingerprint density at radius 2 is 2.11 bits per heavy atom. The molecule has 2 aromatic rings. The van der Waals surface area contributed by atoms with Crippen molar-refractivity contribution in [3.8, 4) is 5.75 Å². The number of hydrogen-bond acceptors (Lipinski definition) is 4. The lowest BCUT2D eigenvalue weighted by Gasteiger charge is -2.20. The SMILES string of the molecule is CC(c1nc2cc(O)ccc2n1CCCO)N(C)C. The zero-order valence-corrected chi connectivity index (χ0v) is 11.7. The molecule has 0 saturated carbocycles. The van der Waals surface area contributed by atoms with E-state index in [2.05, 4.69) is 21.4 Å². The number of aliphatic hydroxyl groups is 1. The lowest BCUT2D eigenvalue weighted by atomic mass is 10.2. The van der Waals surface area contributed by atoms with Crippen LogP contribution in [0, 0.1) is 0 Å². The summed E-state index contributed by atoms with van der Waals surface area (Å²) >= 11 is 0. The van der Waals surface area contributed by atoms with E-state index in [0.717, 1.165) is 23.4 Å². The average molecular weight is 263 g/mol. The molecule has 5 heteroatoms. The average Bonchev–Trinajstić information content (AvgIpc) is 2.72. The molecular formula is C14H21N3O2. The van der Waals surface area contributed by atoms with Crippen LogP contribution in [0.4, 0.5) is 0 Å². The summed E-state index contributed by atoms with van der Waals surface area (Å²) in [5, 5.41) is 18.6. The standard InChI is InChI=1S/C14H21N3O2/c1-10(16(2)3)14-15-12-9-11(19)5-6-13(12)17(14)7-4-8-18/h5-6,9-10,18-19H,4,7-8H2,1-3H3. The van der Waals surface area contributed by atoms with Crippen LogP contribution in [-0.4, -0.2) is 45.4 Å². The van der Waals surface area contributed by atoms with Gasteiger partial charge in [-0.05, 0) is 39.6 Å². The summed E-state index contributed by atoms with van der Waals surface area (Å²) in [5.41, 5.74) is 1.79. The van der Waals surface area contributed by atoms with Gasteiger partial charge in [-0.3, -0.25) is 4.90 Å². The molecule has 0 bridgehead atoms. The molecule has 1 heterocycles. The molecule has 1 unspecified atom stereocenters. The second-order valence-electron chi connectivity index (χ2n) is 5.01. The molecular weight excluding hydrogens is 242 g/mol. The maximum atomic E-state index is 9.55. The highest BCUT2D eigenvalue weighted by molar-refractivity contribution is 5.77. The first kappa shape index (κ1) is 13.8. The number of aromatic hydroxyl groups is 1. The van der Waals surface area contributed by atoms with Crippen LogP contribution in [-0.2, 0) is 6.54 Å². The number of rotatable bonds is 5. The molecule has 2 rings (SSSR count). The minimum atomic E-state index is 0.160. The number of fused-ring (bicyclic) bond motifs is 1. The number of hydrogen-bond donors (Lipinski definition) is 2. The summed E-state index contributed by atoms with van der Waals surface area (Å²) in [4.78, 5) is 6.72. The van der Waals surface area contributed by atoms with Crippen molar-refractivity contribution in [2.75, 3.05) is 20.7 Å². The number of aliphatic hydroxyl groups excluding tert-OH is 1. The molecule has 0 saturated heterocycles. The molecule has 5 nitrogen and oxygen atoms in total. The van der Waals surface area contributed by atoms with E-state index in [1.807, 2.05) is 20.2 Å². The monoisotopic (exact) mass is 263 g/mol. The van der Waals surface area contributed by atoms with Gasteiger partial charge in [0.1, 0.15) is 11.6 Å². The van der Waals surface area contributed by atoms with E-state index in [9.17, 15) is 5.11 Å². The smallest absolute Gasteiger partial charge is 0.126 e. The van der Waals surface area contributed by atoms with Crippen molar-refractivity contribution in [3.63, 3.8) is 0 Å². The minimum Gasteiger partial charge on any atom is -0.508 e. The number of phenolic OH excluding ortho intramolecular Hbond substituents is 1. The summed E-state index contributed by atoms with van der Waals surface area (Å²) in [6.07, 6.45) is 0.694. The van der Waals surface area contributed by atoms with Gasteiger partial charge in [-0.25, -0.2) is 4.98 Å². The zero-order valence-electron chi connectivity index (χ0n) is 11.7. The fourth-order valence-electron chi connectivity index (χ4n) is 2.15. The Morgan fingerprint density at radius 3 is 2.74 bits per heavy atom. The fraction of sp³-hybridized carbons (Fsp3) is 0.500. The third-order valence-electron chi connectivity index (χ3n) is 3.45. The second-order valence-corrected chi connectivity index (χ2v) is 5.01. The maximum absolute atomic E-state index is 9.55. The highest BCUT2D eigenvalue weighted by atomic mass is 16.3. The Bertz CT molecular complexity index is 563. The highest BCUT2D eigenvalue weighted by Gasteiger charge is 2.18. The summed E-state index contributed by atoms with van der Waals surface area (Å²) in [6.45, 7) is 2.98. The molecule has 0 aliphatic carbocycles. The van der Waals surface area contributed by atoms with Crippen LogP contribution < -0.4 is 0 Å². The van der Waals surface area contributed by atoms with Gasteiger partial charge < -0.3 is 14.8 Å². The van der Waals surface area contributed by atoms with Crippen molar-refractivity contribution < 1.29 is 10.2 Å². The fourth-order valence-corrected chi connectivity index (χ4v) is 2.15. The minimum absolute atomic E-state index is 0.160. The predicted octanol–water partition coefficient (Wildman–Crippen LogP) is 1.75. The van der Waals surface area contributed by atoms with E-state index in [4.69, 9.17) is 5.11 Å². The number of aryl methyl sites for hydroxylation is 1. The van der Waals surface area contributed by atoms with Crippen molar-refractivity contribution >= 4 is 11.0 Å². The van der Waals surface area contributed by atoms with Crippen LogP contribution in [0.25, 0.3) is 11.0 Å². The number of phenols is 1. The Kier molecular flexibility index (Phi) is 4.07. The van der Waals surface area contributed by atoms with Crippen molar-refractivity contribution in [2.24, 2.45) is 0 Å². The molecule has 0 fully saturated rings. The van der Waals surface area contributed by atoms with Crippen LogP contribution in [0.3, 0.4) is 0 Å².